The van der Waals surface area contributed by atoms with Gasteiger partial charge in [0.25, 0.3) is 5.91 Å². The molecule has 0 radical (unpaired) electrons. The zero-order valence-corrected chi connectivity index (χ0v) is 16.8. The normalized spacial score (nSPS) is 11.7. The third kappa shape index (κ3) is 5.83. The fraction of sp³-hybridized carbons (Fsp3) is 0.0952. The number of nitrogens with one attached hydrogen (secondary N) is 2. The molecule has 162 valence electrons. The molecule has 1 amide bonds. The van der Waals surface area contributed by atoms with Gasteiger partial charge in [0.05, 0.1) is 21.7 Å². The Labute approximate surface area is 176 Å². The number of halogens is 3. The Hall–Kier alpha value is -3.37. The summed E-state index contributed by atoms with van der Waals surface area (Å²) in [4.78, 5) is 12.6. The molecule has 0 heterocycles. The standard InChI is InChI=1S/C21H18F3N3O3S/c22-21(23,24)15-4-3-5-16(12-15)27-19-7-2-1-6-18(19)20(28)26-13-14-8-10-17(11-9-14)31(25,29)30/h1-12,27H,13H2,(H,26,28)(H2,25,29,30). The van der Waals surface area contributed by atoms with E-state index >= 15 is 0 Å². The highest BCUT2D eigenvalue weighted by molar-refractivity contribution is 7.89. The Morgan fingerprint density at radius 1 is 0.935 bits per heavy atom. The van der Waals surface area contributed by atoms with Crippen molar-refractivity contribution in [2.75, 3.05) is 5.32 Å². The van der Waals surface area contributed by atoms with Crippen molar-refractivity contribution in [1.29, 1.82) is 0 Å². The largest absolute Gasteiger partial charge is 0.416 e. The number of rotatable bonds is 6. The van der Waals surface area contributed by atoms with Crippen molar-refractivity contribution in [3.8, 4) is 0 Å². The van der Waals surface area contributed by atoms with E-state index in [4.69, 9.17) is 5.14 Å². The van der Waals surface area contributed by atoms with E-state index in [9.17, 15) is 26.4 Å². The molecule has 0 aliphatic heterocycles. The maximum atomic E-state index is 12.9. The number of hydrogen-bond donors (Lipinski definition) is 3. The van der Waals surface area contributed by atoms with Crippen molar-refractivity contribution in [3.63, 3.8) is 0 Å². The molecule has 0 unspecified atom stereocenters. The topological polar surface area (TPSA) is 101 Å². The van der Waals surface area contributed by atoms with Gasteiger partial charge in [0.1, 0.15) is 0 Å². The lowest BCUT2D eigenvalue weighted by Gasteiger charge is -2.14. The van der Waals surface area contributed by atoms with E-state index in [2.05, 4.69) is 10.6 Å². The Kier molecular flexibility index (Phi) is 6.32. The monoisotopic (exact) mass is 449 g/mol. The van der Waals surface area contributed by atoms with Gasteiger partial charge in [-0.15, -0.1) is 0 Å². The van der Waals surface area contributed by atoms with Crippen LogP contribution in [0.2, 0.25) is 0 Å². The molecule has 0 aliphatic rings. The molecular formula is C21H18F3N3O3S. The van der Waals surface area contributed by atoms with Crippen molar-refractivity contribution >= 4 is 27.3 Å². The van der Waals surface area contributed by atoms with Gasteiger partial charge >= 0.3 is 6.18 Å². The summed E-state index contributed by atoms with van der Waals surface area (Å²) in [6.45, 7) is 0.113. The Balaban J connectivity index is 1.73. The summed E-state index contributed by atoms with van der Waals surface area (Å²) in [5.74, 6) is -0.453. The second-order valence-corrected chi connectivity index (χ2v) is 8.18. The fourth-order valence-electron chi connectivity index (χ4n) is 2.79. The van der Waals surface area contributed by atoms with E-state index in [-0.39, 0.29) is 22.7 Å². The summed E-state index contributed by atoms with van der Waals surface area (Å²) in [6, 6.07) is 16.8. The van der Waals surface area contributed by atoms with Crippen molar-refractivity contribution in [2.24, 2.45) is 5.14 Å². The molecule has 0 fully saturated rings. The van der Waals surface area contributed by atoms with E-state index in [1.165, 1.54) is 42.5 Å². The van der Waals surface area contributed by atoms with E-state index in [0.717, 1.165) is 12.1 Å². The number of carbonyl (C=O) groups excluding carboxylic acids is 1. The molecule has 6 nitrogen and oxygen atoms in total. The predicted octanol–water partition coefficient (Wildman–Crippen LogP) is 4.03. The second-order valence-electron chi connectivity index (χ2n) is 6.62. The molecular weight excluding hydrogens is 431 g/mol. The highest BCUT2D eigenvalue weighted by atomic mass is 32.2. The first-order valence-electron chi connectivity index (χ1n) is 8.97. The number of para-hydroxylation sites is 1. The highest BCUT2D eigenvalue weighted by Crippen LogP contribution is 2.31. The van der Waals surface area contributed by atoms with Crippen LogP contribution >= 0.6 is 0 Å². The molecule has 0 saturated carbocycles. The number of benzene rings is 3. The van der Waals surface area contributed by atoms with Gasteiger partial charge in [-0.25, -0.2) is 13.6 Å². The average molecular weight is 449 g/mol. The number of anilines is 2. The smallest absolute Gasteiger partial charge is 0.355 e. The minimum atomic E-state index is -4.48. The minimum Gasteiger partial charge on any atom is -0.355 e. The summed E-state index contributed by atoms with van der Waals surface area (Å²) in [5.41, 5.74) is 0.602. The predicted molar refractivity (Wildman–Crippen MR) is 110 cm³/mol. The van der Waals surface area contributed by atoms with Crippen molar-refractivity contribution in [1.82, 2.24) is 5.32 Å². The molecule has 4 N–H and O–H groups in total. The zero-order chi connectivity index (χ0) is 22.6. The van der Waals surface area contributed by atoms with Gasteiger partial charge in [0.2, 0.25) is 10.0 Å². The van der Waals surface area contributed by atoms with Crippen LogP contribution in [0.25, 0.3) is 0 Å². The maximum absolute atomic E-state index is 12.9. The first-order valence-corrected chi connectivity index (χ1v) is 10.5. The van der Waals surface area contributed by atoms with Gasteiger partial charge in [-0.2, -0.15) is 13.2 Å². The number of amides is 1. The summed E-state index contributed by atoms with van der Waals surface area (Å²) in [6.07, 6.45) is -4.48. The Morgan fingerprint density at radius 3 is 2.26 bits per heavy atom. The number of sulfonamides is 1. The van der Waals surface area contributed by atoms with E-state index < -0.39 is 27.7 Å². The van der Waals surface area contributed by atoms with Gasteiger partial charge in [-0.05, 0) is 48.0 Å². The van der Waals surface area contributed by atoms with Gasteiger partial charge in [0, 0.05) is 12.2 Å². The van der Waals surface area contributed by atoms with Crippen LogP contribution in [0.5, 0.6) is 0 Å². The Bertz CT molecular complexity index is 1190. The molecule has 0 saturated heterocycles. The summed E-state index contributed by atoms with van der Waals surface area (Å²) in [7, 11) is -3.81. The summed E-state index contributed by atoms with van der Waals surface area (Å²) in [5, 5.41) is 10.6. The first-order chi connectivity index (χ1) is 14.5. The minimum absolute atomic E-state index is 0.0433. The zero-order valence-electron chi connectivity index (χ0n) is 16.0. The first kappa shape index (κ1) is 22.3. The van der Waals surface area contributed by atoms with Crippen molar-refractivity contribution < 1.29 is 26.4 Å². The van der Waals surface area contributed by atoms with E-state index in [1.54, 1.807) is 18.2 Å². The molecule has 0 aliphatic carbocycles. The molecule has 3 rings (SSSR count). The fourth-order valence-corrected chi connectivity index (χ4v) is 3.31. The SMILES string of the molecule is NS(=O)(=O)c1ccc(CNC(=O)c2ccccc2Nc2cccc(C(F)(F)F)c2)cc1. The average Bonchev–Trinajstić information content (AvgIpc) is 2.72. The maximum Gasteiger partial charge on any atom is 0.416 e. The third-order valence-electron chi connectivity index (χ3n) is 4.35. The molecule has 3 aromatic carbocycles. The van der Waals surface area contributed by atoms with E-state index in [0.29, 0.717) is 11.3 Å². The van der Waals surface area contributed by atoms with Gasteiger partial charge in [0.15, 0.2) is 0 Å². The summed E-state index contributed by atoms with van der Waals surface area (Å²) >= 11 is 0. The number of nitrogens with two attached hydrogens (primary N) is 1. The van der Waals surface area contributed by atoms with Crippen LogP contribution in [-0.2, 0) is 22.7 Å². The molecule has 31 heavy (non-hydrogen) atoms. The lowest BCUT2D eigenvalue weighted by atomic mass is 10.1. The molecule has 3 aromatic rings. The lowest BCUT2D eigenvalue weighted by molar-refractivity contribution is -0.137. The van der Waals surface area contributed by atoms with Crippen molar-refractivity contribution in [2.45, 2.75) is 17.6 Å². The van der Waals surface area contributed by atoms with Crippen LogP contribution < -0.4 is 15.8 Å². The Morgan fingerprint density at radius 2 is 1.61 bits per heavy atom. The molecule has 10 heteroatoms. The number of primary sulfonamides is 1. The molecule has 0 spiro atoms. The van der Waals surface area contributed by atoms with Crippen molar-refractivity contribution in [3.05, 3.63) is 89.5 Å². The molecule has 0 atom stereocenters. The van der Waals surface area contributed by atoms with Crippen LogP contribution in [0, 0.1) is 0 Å². The number of alkyl halides is 3. The van der Waals surface area contributed by atoms with E-state index in [1.807, 2.05) is 0 Å². The molecule has 0 bridgehead atoms. The third-order valence-corrected chi connectivity index (χ3v) is 5.27. The van der Waals surface area contributed by atoms with Crippen LogP contribution in [0.1, 0.15) is 21.5 Å². The quantitative estimate of drug-likeness (QED) is 0.529. The van der Waals surface area contributed by atoms with Crippen LogP contribution in [-0.4, -0.2) is 14.3 Å². The summed E-state index contributed by atoms with van der Waals surface area (Å²) < 4.78 is 61.4. The van der Waals surface area contributed by atoms with Gasteiger partial charge < -0.3 is 10.6 Å². The molecule has 0 aromatic heterocycles. The highest BCUT2D eigenvalue weighted by Gasteiger charge is 2.30. The van der Waals surface area contributed by atoms with Gasteiger partial charge in [-0.1, -0.05) is 30.3 Å². The lowest BCUT2D eigenvalue weighted by Crippen LogP contribution is -2.23. The second kappa shape index (κ2) is 8.78. The number of carbonyl (C=O) groups is 1. The van der Waals surface area contributed by atoms with Gasteiger partial charge in [-0.3, -0.25) is 4.79 Å². The number of hydrogen-bond acceptors (Lipinski definition) is 4. The van der Waals surface area contributed by atoms with Crippen LogP contribution in [0.3, 0.4) is 0 Å². The van der Waals surface area contributed by atoms with Crippen LogP contribution in [0.4, 0.5) is 24.5 Å². The van der Waals surface area contributed by atoms with Crippen LogP contribution in [0.15, 0.2) is 77.7 Å².